The van der Waals surface area contributed by atoms with Crippen LogP contribution in [0.1, 0.15) is 13.3 Å². The van der Waals surface area contributed by atoms with Crippen molar-refractivity contribution < 1.29 is 0 Å². The largest absolute Gasteiger partial charge is 0.322 e. The summed E-state index contributed by atoms with van der Waals surface area (Å²) < 4.78 is 0. The molecular formula is C5H12N2. The molecule has 0 spiro atoms. The minimum absolute atomic E-state index is 1.04. The summed E-state index contributed by atoms with van der Waals surface area (Å²) in [6.07, 6.45) is 4.88. The molecule has 0 aromatic carbocycles. The highest BCUT2D eigenvalue weighted by atomic mass is 15.4. The fourth-order valence-corrected chi connectivity index (χ4v) is 0.272. The highest BCUT2D eigenvalue weighted by molar-refractivity contribution is 4.75. The number of hydrogen-bond donors (Lipinski definition) is 1. The van der Waals surface area contributed by atoms with Crippen LogP contribution in [0.15, 0.2) is 12.3 Å². The first-order chi connectivity index (χ1) is 3.27. The molecule has 42 valence electrons. The van der Waals surface area contributed by atoms with E-state index in [-0.39, 0.29) is 0 Å². The summed E-state index contributed by atoms with van der Waals surface area (Å²) >= 11 is 0. The number of nitrogens with zero attached hydrogens (tertiary/aromatic N) is 1. The molecule has 0 saturated carbocycles. The molecule has 0 aromatic rings. The lowest BCUT2D eigenvalue weighted by Crippen LogP contribution is -2.18. The van der Waals surface area contributed by atoms with Crippen LogP contribution in [0.25, 0.3) is 0 Å². The van der Waals surface area contributed by atoms with Gasteiger partial charge in [-0.05, 0) is 6.42 Å². The molecule has 0 unspecified atom stereocenters. The molecule has 0 aliphatic rings. The van der Waals surface area contributed by atoms with Gasteiger partial charge in [0, 0.05) is 13.2 Å². The molecule has 0 fully saturated rings. The number of allylic oxidation sites excluding steroid dienone is 1. The molecular weight excluding hydrogens is 88.1 g/mol. The fraction of sp³-hybridized carbons (Fsp3) is 0.600. The Labute approximate surface area is 44.6 Å². The maximum Gasteiger partial charge on any atom is 0.0222 e. The van der Waals surface area contributed by atoms with E-state index in [1.54, 1.807) is 7.05 Å². The van der Waals surface area contributed by atoms with Crippen LogP contribution in [0.2, 0.25) is 0 Å². The van der Waals surface area contributed by atoms with Gasteiger partial charge in [0.25, 0.3) is 0 Å². The van der Waals surface area contributed by atoms with Gasteiger partial charge in [-0.2, -0.15) is 0 Å². The zero-order chi connectivity index (χ0) is 5.70. The molecule has 0 amide bonds. The van der Waals surface area contributed by atoms with E-state index >= 15 is 0 Å². The summed E-state index contributed by atoms with van der Waals surface area (Å²) in [5.74, 6) is 5.22. The average molecular weight is 100 g/mol. The van der Waals surface area contributed by atoms with Crippen LogP contribution in [-0.2, 0) is 0 Å². The second kappa shape index (κ2) is 3.68. The van der Waals surface area contributed by atoms with Crippen molar-refractivity contribution in [3.05, 3.63) is 12.3 Å². The van der Waals surface area contributed by atoms with Gasteiger partial charge in [0.1, 0.15) is 0 Å². The first-order valence-electron chi connectivity index (χ1n) is 2.41. The van der Waals surface area contributed by atoms with Crippen molar-refractivity contribution in [3.63, 3.8) is 0 Å². The van der Waals surface area contributed by atoms with E-state index < -0.39 is 0 Å². The quantitative estimate of drug-likeness (QED) is 0.409. The zero-order valence-corrected chi connectivity index (χ0v) is 4.89. The minimum Gasteiger partial charge on any atom is -0.322 e. The summed E-state index contributed by atoms with van der Waals surface area (Å²) in [5.41, 5.74) is 0. The van der Waals surface area contributed by atoms with Crippen molar-refractivity contribution in [2.24, 2.45) is 5.84 Å². The highest BCUT2D eigenvalue weighted by Crippen LogP contribution is 1.77. The Morgan fingerprint density at radius 2 is 2.29 bits per heavy atom. The average Bonchev–Trinajstić information content (AvgIpc) is 1.61. The van der Waals surface area contributed by atoms with E-state index in [0.29, 0.717) is 0 Å². The van der Waals surface area contributed by atoms with Gasteiger partial charge in [0.15, 0.2) is 0 Å². The summed E-state index contributed by atoms with van der Waals surface area (Å²) in [5, 5.41) is 1.53. The van der Waals surface area contributed by atoms with E-state index in [1.165, 1.54) is 5.01 Å². The lowest BCUT2D eigenvalue weighted by molar-refractivity contribution is 0.483. The first-order valence-corrected chi connectivity index (χ1v) is 2.41. The molecule has 0 atom stereocenters. The standard InChI is InChI=1S/C5H12N2/c1-3-4-5-7(2)6/h4-5H,3,6H2,1-2H3/b5-4+. The lowest BCUT2D eigenvalue weighted by atomic mass is 10.5. The van der Waals surface area contributed by atoms with Gasteiger partial charge in [0.2, 0.25) is 0 Å². The predicted molar refractivity (Wildman–Crippen MR) is 31.4 cm³/mol. The Kier molecular flexibility index (Phi) is 3.42. The van der Waals surface area contributed by atoms with Gasteiger partial charge in [-0.15, -0.1) is 0 Å². The Morgan fingerprint density at radius 1 is 1.71 bits per heavy atom. The van der Waals surface area contributed by atoms with Gasteiger partial charge in [0.05, 0.1) is 0 Å². The van der Waals surface area contributed by atoms with Crippen molar-refractivity contribution in [3.8, 4) is 0 Å². The van der Waals surface area contributed by atoms with Gasteiger partial charge in [-0.1, -0.05) is 13.0 Å². The normalized spacial score (nSPS) is 10.1. The third-order valence-corrected chi connectivity index (χ3v) is 0.576. The minimum atomic E-state index is 1.04. The molecule has 0 heterocycles. The Balaban J connectivity index is 3.08. The second-order valence-corrected chi connectivity index (χ2v) is 1.46. The third-order valence-electron chi connectivity index (χ3n) is 0.576. The first kappa shape index (κ1) is 6.50. The molecule has 0 radical (unpaired) electrons. The molecule has 2 nitrogen and oxygen atoms in total. The summed E-state index contributed by atoms with van der Waals surface area (Å²) in [6, 6.07) is 0. The van der Waals surface area contributed by atoms with Crippen LogP contribution in [-0.4, -0.2) is 12.1 Å². The lowest BCUT2D eigenvalue weighted by Gasteiger charge is -2.00. The number of nitrogens with two attached hydrogens (primary N) is 1. The van der Waals surface area contributed by atoms with Crippen molar-refractivity contribution >= 4 is 0 Å². The second-order valence-electron chi connectivity index (χ2n) is 1.46. The Hall–Kier alpha value is -0.500. The van der Waals surface area contributed by atoms with Crippen molar-refractivity contribution in [1.29, 1.82) is 0 Å². The van der Waals surface area contributed by atoms with Crippen molar-refractivity contribution in [2.45, 2.75) is 13.3 Å². The van der Waals surface area contributed by atoms with Gasteiger partial charge >= 0.3 is 0 Å². The highest BCUT2D eigenvalue weighted by Gasteiger charge is 1.69. The topological polar surface area (TPSA) is 29.3 Å². The number of hydrazine groups is 1. The van der Waals surface area contributed by atoms with E-state index in [0.717, 1.165) is 6.42 Å². The van der Waals surface area contributed by atoms with Crippen LogP contribution < -0.4 is 5.84 Å². The van der Waals surface area contributed by atoms with Gasteiger partial charge in [-0.3, -0.25) is 0 Å². The molecule has 2 heteroatoms. The van der Waals surface area contributed by atoms with E-state index in [4.69, 9.17) is 5.84 Å². The van der Waals surface area contributed by atoms with E-state index in [2.05, 4.69) is 6.92 Å². The van der Waals surface area contributed by atoms with Gasteiger partial charge in [-0.25, -0.2) is 5.84 Å². The molecule has 0 bridgehead atoms. The molecule has 0 aromatic heterocycles. The van der Waals surface area contributed by atoms with E-state index in [1.807, 2.05) is 12.3 Å². The predicted octanol–water partition coefficient (Wildman–Crippen LogP) is 0.716. The van der Waals surface area contributed by atoms with E-state index in [9.17, 15) is 0 Å². The molecule has 0 rings (SSSR count). The summed E-state index contributed by atoms with van der Waals surface area (Å²) in [4.78, 5) is 0. The molecule has 7 heavy (non-hydrogen) atoms. The monoisotopic (exact) mass is 100 g/mol. The Bertz CT molecular complexity index is 57.1. The zero-order valence-electron chi connectivity index (χ0n) is 4.89. The SMILES string of the molecule is CC/C=C/N(C)N. The number of hydrogen-bond acceptors (Lipinski definition) is 2. The molecule has 2 N–H and O–H groups in total. The smallest absolute Gasteiger partial charge is 0.0222 e. The van der Waals surface area contributed by atoms with Crippen LogP contribution in [0, 0.1) is 0 Å². The third kappa shape index (κ3) is 5.50. The number of rotatable bonds is 2. The fourth-order valence-electron chi connectivity index (χ4n) is 0.272. The van der Waals surface area contributed by atoms with Crippen molar-refractivity contribution in [1.82, 2.24) is 5.01 Å². The maximum absolute atomic E-state index is 5.22. The molecule has 0 aliphatic carbocycles. The van der Waals surface area contributed by atoms with Gasteiger partial charge < -0.3 is 5.01 Å². The maximum atomic E-state index is 5.22. The van der Waals surface area contributed by atoms with Crippen LogP contribution in [0.5, 0.6) is 0 Å². The van der Waals surface area contributed by atoms with Crippen LogP contribution in [0.3, 0.4) is 0 Å². The summed E-state index contributed by atoms with van der Waals surface area (Å²) in [6.45, 7) is 2.07. The Morgan fingerprint density at radius 3 is 2.43 bits per heavy atom. The van der Waals surface area contributed by atoms with Crippen molar-refractivity contribution in [2.75, 3.05) is 7.05 Å². The van der Waals surface area contributed by atoms with Crippen LogP contribution in [0.4, 0.5) is 0 Å². The molecule has 0 aliphatic heterocycles. The molecule has 0 saturated heterocycles. The van der Waals surface area contributed by atoms with Crippen LogP contribution >= 0.6 is 0 Å². The summed E-state index contributed by atoms with van der Waals surface area (Å²) in [7, 11) is 1.80.